The second-order valence-electron chi connectivity index (χ2n) is 7.42. The highest BCUT2D eigenvalue weighted by Gasteiger charge is 2.15. The first-order chi connectivity index (χ1) is 15.2. The van der Waals surface area contributed by atoms with Crippen molar-refractivity contribution in [2.24, 2.45) is 5.73 Å². The lowest BCUT2D eigenvalue weighted by Gasteiger charge is -2.07. The summed E-state index contributed by atoms with van der Waals surface area (Å²) in [6.45, 7) is 0.320. The van der Waals surface area contributed by atoms with Gasteiger partial charge in [0.1, 0.15) is 0 Å². The molecule has 2 heterocycles. The van der Waals surface area contributed by atoms with E-state index in [0.717, 1.165) is 11.8 Å². The maximum atomic E-state index is 12.4. The van der Waals surface area contributed by atoms with Crippen molar-refractivity contribution in [1.82, 2.24) is 14.6 Å². The van der Waals surface area contributed by atoms with E-state index in [2.05, 4.69) is 10.1 Å². The van der Waals surface area contributed by atoms with Crippen LogP contribution in [0.1, 0.15) is 6.42 Å². The number of benzene rings is 2. The van der Waals surface area contributed by atoms with Crippen LogP contribution in [0.4, 0.5) is 0 Å². The molecule has 0 amide bonds. The number of nitrogens with zero attached hydrogens (tertiary/aromatic N) is 3. The summed E-state index contributed by atoms with van der Waals surface area (Å²) >= 11 is 0. The summed E-state index contributed by atoms with van der Waals surface area (Å²) in [7, 11) is -6.72. The molecule has 0 unspecified atom stereocenters. The quantitative estimate of drug-likeness (QED) is 0.440. The van der Waals surface area contributed by atoms with Gasteiger partial charge in [-0.15, -0.1) is 0 Å². The van der Waals surface area contributed by atoms with Gasteiger partial charge in [0.05, 0.1) is 33.1 Å². The van der Waals surface area contributed by atoms with Gasteiger partial charge < -0.3 is 5.73 Å². The molecule has 0 radical (unpaired) electrons. The summed E-state index contributed by atoms with van der Waals surface area (Å²) < 4.78 is 50.2. The summed E-state index contributed by atoms with van der Waals surface area (Å²) in [5.74, 6) is 0.00984. The number of aromatic nitrogens is 3. The van der Waals surface area contributed by atoms with E-state index in [1.54, 1.807) is 71.4 Å². The monoisotopic (exact) mass is 470 g/mol. The number of imidazole rings is 1. The molecule has 0 saturated heterocycles. The first-order valence-electron chi connectivity index (χ1n) is 9.87. The SMILES string of the molecule is CS(=O)(=O)c1cccc(-c2ccc3ncc(-c4ccc(S(=O)(=O)CCCN)cc4)n3n2)c1. The highest BCUT2D eigenvalue weighted by Crippen LogP contribution is 2.25. The van der Waals surface area contributed by atoms with Gasteiger partial charge in [0, 0.05) is 17.4 Å². The molecule has 0 spiro atoms. The van der Waals surface area contributed by atoms with E-state index in [0.29, 0.717) is 35.6 Å². The Bertz CT molecular complexity index is 1490. The Morgan fingerprint density at radius 1 is 0.906 bits per heavy atom. The van der Waals surface area contributed by atoms with Crippen LogP contribution >= 0.6 is 0 Å². The Morgan fingerprint density at radius 3 is 2.34 bits per heavy atom. The second-order valence-corrected chi connectivity index (χ2v) is 11.5. The maximum absolute atomic E-state index is 12.4. The molecule has 0 aliphatic heterocycles. The van der Waals surface area contributed by atoms with E-state index >= 15 is 0 Å². The van der Waals surface area contributed by atoms with Crippen LogP contribution in [0.15, 0.2) is 76.7 Å². The standard InChI is InChI=1S/C22H22N4O4S2/c1-31(27,28)19-5-2-4-17(14-19)20-10-11-22-24-15-21(26(22)25-20)16-6-8-18(9-7-16)32(29,30)13-3-12-23/h2,4-11,14-15H,3,12-13,23H2,1H3. The normalized spacial score (nSPS) is 12.3. The zero-order valence-corrected chi connectivity index (χ0v) is 19.0. The fraction of sp³-hybridized carbons (Fsp3) is 0.182. The lowest BCUT2D eigenvalue weighted by molar-refractivity contribution is 0.593. The predicted molar refractivity (Wildman–Crippen MR) is 123 cm³/mol. The molecule has 0 fully saturated rings. The van der Waals surface area contributed by atoms with Gasteiger partial charge in [-0.1, -0.05) is 24.3 Å². The molecular weight excluding hydrogens is 448 g/mol. The summed E-state index contributed by atoms with van der Waals surface area (Å²) in [5.41, 5.74) is 8.73. The first-order valence-corrected chi connectivity index (χ1v) is 13.4. The van der Waals surface area contributed by atoms with Crippen LogP contribution in [-0.2, 0) is 19.7 Å². The van der Waals surface area contributed by atoms with Crippen molar-refractivity contribution in [3.63, 3.8) is 0 Å². The van der Waals surface area contributed by atoms with Crippen LogP contribution in [0.25, 0.3) is 28.2 Å². The van der Waals surface area contributed by atoms with Crippen LogP contribution in [0, 0.1) is 0 Å². The van der Waals surface area contributed by atoms with E-state index in [1.807, 2.05) is 0 Å². The van der Waals surface area contributed by atoms with Gasteiger partial charge in [0.2, 0.25) is 0 Å². The molecule has 32 heavy (non-hydrogen) atoms. The Morgan fingerprint density at radius 2 is 1.66 bits per heavy atom. The largest absolute Gasteiger partial charge is 0.330 e. The molecule has 2 aromatic carbocycles. The van der Waals surface area contributed by atoms with Crippen LogP contribution in [0.5, 0.6) is 0 Å². The van der Waals surface area contributed by atoms with Crippen molar-refractivity contribution in [3.05, 3.63) is 66.9 Å². The van der Waals surface area contributed by atoms with Crippen molar-refractivity contribution in [3.8, 4) is 22.5 Å². The topological polar surface area (TPSA) is 124 Å². The number of nitrogens with two attached hydrogens (primary N) is 1. The smallest absolute Gasteiger partial charge is 0.178 e. The van der Waals surface area contributed by atoms with Gasteiger partial charge in [-0.3, -0.25) is 0 Å². The summed E-state index contributed by atoms with van der Waals surface area (Å²) in [6, 6.07) is 16.8. The van der Waals surface area contributed by atoms with E-state index < -0.39 is 19.7 Å². The number of hydrogen-bond acceptors (Lipinski definition) is 7. The van der Waals surface area contributed by atoms with E-state index in [9.17, 15) is 16.8 Å². The number of sulfone groups is 2. The zero-order valence-electron chi connectivity index (χ0n) is 17.3. The Labute approximate surface area is 186 Å². The lowest BCUT2D eigenvalue weighted by atomic mass is 10.1. The Kier molecular flexibility index (Phi) is 5.85. The van der Waals surface area contributed by atoms with Crippen LogP contribution < -0.4 is 5.73 Å². The Balaban J connectivity index is 1.73. The fourth-order valence-electron chi connectivity index (χ4n) is 3.33. The predicted octanol–water partition coefficient (Wildman–Crippen LogP) is 2.59. The van der Waals surface area contributed by atoms with Crippen LogP contribution in [0.2, 0.25) is 0 Å². The molecule has 166 valence electrons. The first kappa shape index (κ1) is 22.1. The number of fused-ring (bicyclic) bond motifs is 1. The minimum absolute atomic E-state index is 0.00984. The third kappa shape index (κ3) is 4.43. The van der Waals surface area contributed by atoms with Gasteiger partial charge in [0.25, 0.3) is 0 Å². The second kappa shape index (κ2) is 8.45. The summed E-state index contributed by atoms with van der Waals surface area (Å²) in [4.78, 5) is 4.83. The zero-order chi connectivity index (χ0) is 22.9. The molecule has 10 heteroatoms. The van der Waals surface area contributed by atoms with Gasteiger partial charge in [0.15, 0.2) is 25.3 Å². The van der Waals surface area contributed by atoms with E-state index in [-0.39, 0.29) is 15.5 Å². The third-order valence-electron chi connectivity index (χ3n) is 5.05. The number of hydrogen-bond donors (Lipinski definition) is 1. The average Bonchev–Trinajstić information content (AvgIpc) is 3.20. The molecule has 4 aromatic rings. The maximum Gasteiger partial charge on any atom is 0.178 e. The number of rotatable bonds is 7. The molecule has 2 N–H and O–H groups in total. The molecule has 0 aliphatic carbocycles. The van der Waals surface area contributed by atoms with Crippen molar-refractivity contribution < 1.29 is 16.8 Å². The van der Waals surface area contributed by atoms with Crippen LogP contribution in [0.3, 0.4) is 0 Å². The van der Waals surface area contributed by atoms with Crippen LogP contribution in [-0.4, -0.2) is 50.0 Å². The van der Waals surface area contributed by atoms with E-state index in [4.69, 9.17) is 5.73 Å². The average molecular weight is 471 g/mol. The highest BCUT2D eigenvalue weighted by molar-refractivity contribution is 7.91. The minimum atomic E-state index is -3.38. The molecule has 2 aromatic heterocycles. The minimum Gasteiger partial charge on any atom is -0.330 e. The highest BCUT2D eigenvalue weighted by atomic mass is 32.2. The summed E-state index contributed by atoms with van der Waals surface area (Å²) in [5, 5.41) is 4.64. The van der Waals surface area contributed by atoms with Gasteiger partial charge in [-0.05, 0) is 49.4 Å². The molecule has 4 rings (SSSR count). The van der Waals surface area contributed by atoms with Gasteiger partial charge in [-0.2, -0.15) is 5.10 Å². The van der Waals surface area contributed by atoms with Gasteiger partial charge in [-0.25, -0.2) is 26.3 Å². The molecule has 0 bridgehead atoms. The molecule has 0 atom stereocenters. The van der Waals surface area contributed by atoms with Gasteiger partial charge >= 0.3 is 0 Å². The van der Waals surface area contributed by atoms with Crippen molar-refractivity contribution in [1.29, 1.82) is 0 Å². The lowest BCUT2D eigenvalue weighted by Crippen LogP contribution is -2.11. The van der Waals surface area contributed by atoms with Crippen molar-refractivity contribution in [2.75, 3.05) is 18.6 Å². The molecule has 0 saturated carbocycles. The Hall–Kier alpha value is -3.08. The van der Waals surface area contributed by atoms with Crippen molar-refractivity contribution in [2.45, 2.75) is 16.2 Å². The molecule has 0 aliphatic rings. The van der Waals surface area contributed by atoms with E-state index in [1.165, 1.54) is 0 Å². The van der Waals surface area contributed by atoms with Crippen molar-refractivity contribution >= 4 is 25.3 Å². The molecule has 8 nitrogen and oxygen atoms in total. The summed E-state index contributed by atoms with van der Waals surface area (Å²) in [6.07, 6.45) is 3.23. The fourth-order valence-corrected chi connectivity index (χ4v) is 5.33. The molecular formula is C22H22N4O4S2. The third-order valence-corrected chi connectivity index (χ3v) is 7.97.